The maximum Gasteiger partial charge on any atom is 0.151 e. The highest BCUT2D eigenvalue weighted by molar-refractivity contribution is 5.43. The summed E-state index contributed by atoms with van der Waals surface area (Å²) in [6.45, 7) is 8.03. The Hall–Kier alpha value is -2.17. The molecule has 0 unspecified atom stereocenters. The van der Waals surface area contributed by atoms with Crippen LogP contribution in [0.4, 0.5) is 11.6 Å². The van der Waals surface area contributed by atoms with Crippen LogP contribution in [0.25, 0.3) is 0 Å². The van der Waals surface area contributed by atoms with Gasteiger partial charge in [0, 0.05) is 32.4 Å². The zero-order chi connectivity index (χ0) is 14.7. The Morgan fingerprint density at radius 2 is 1.62 bits per heavy atom. The maximum atomic E-state index is 4.49. The highest BCUT2D eigenvalue weighted by atomic mass is 15.3. The molecule has 0 spiro atoms. The van der Waals surface area contributed by atoms with E-state index in [-0.39, 0.29) is 0 Å². The highest BCUT2D eigenvalue weighted by Gasteiger charge is 2.17. The van der Waals surface area contributed by atoms with Crippen LogP contribution in [0.1, 0.15) is 17.7 Å². The molecule has 0 aliphatic carbocycles. The molecular formula is C16H21N5. The summed E-state index contributed by atoms with van der Waals surface area (Å²) in [7, 11) is 0. The molecule has 1 aliphatic rings. The van der Waals surface area contributed by atoms with Crippen LogP contribution in [0, 0.1) is 13.8 Å². The van der Waals surface area contributed by atoms with Crippen LogP contribution in [-0.2, 0) is 0 Å². The molecule has 2 aromatic rings. The predicted molar refractivity (Wildman–Crippen MR) is 84.8 cm³/mol. The van der Waals surface area contributed by atoms with Gasteiger partial charge in [0.05, 0.1) is 5.69 Å². The quantitative estimate of drug-likeness (QED) is 0.845. The Bertz CT molecular complexity index is 596. The lowest BCUT2D eigenvalue weighted by molar-refractivity contribution is 0.782. The average molecular weight is 283 g/mol. The average Bonchev–Trinajstić information content (AvgIpc) is 2.74. The van der Waals surface area contributed by atoms with Crippen LogP contribution in [-0.4, -0.2) is 41.4 Å². The Labute approximate surface area is 125 Å². The number of aryl methyl sites for hydroxylation is 2. The Balaban J connectivity index is 1.70. The molecule has 1 aliphatic heterocycles. The molecule has 0 N–H and O–H groups in total. The van der Waals surface area contributed by atoms with E-state index in [4.69, 9.17) is 0 Å². The lowest BCUT2D eigenvalue weighted by Gasteiger charge is -2.23. The molecule has 0 bridgehead atoms. The third kappa shape index (κ3) is 3.29. The number of nitrogens with zero attached hydrogens (tertiary/aromatic N) is 5. The van der Waals surface area contributed by atoms with Crippen molar-refractivity contribution in [2.75, 3.05) is 36.0 Å². The number of hydrogen-bond acceptors (Lipinski definition) is 5. The Kier molecular flexibility index (Phi) is 3.99. The SMILES string of the molecule is Cc1ccnc(N2CCCN(c3ccc(C)nn3)CC2)c1. The molecule has 3 heterocycles. The first-order valence-corrected chi connectivity index (χ1v) is 7.45. The van der Waals surface area contributed by atoms with Gasteiger partial charge in [0.2, 0.25) is 0 Å². The van der Waals surface area contributed by atoms with Crippen molar-refractivity contribution in [2.24, 2.45) is 0 Å². The summed E-state index contributed by atoms with van der Waals surface area (Å²) in [5.41, 5.74) is 2.21. The van der Waals surface area contributed by atoms with E-state index in [0.29, 0.717) is 0 Å². The normalized spacial score (nSPS) is 15.9. The Morgan fingerprint density at radius 3 is 2.29 bits per heavy atom. The van der Waals surface area contributed by atoms with Crippen LogP contribution in [0.5, 0.6) is 0 Å². The number of pyridine rings is 1. The number of aromatic nitrogens is 3. The maximum absolute atomic E-state index is 4.49. The summed E-state index contributed by atoms with van der Waals surface area (Å²) in [5.74, 6) is 2.05. The monoisotopic (exact) mass is 283 g/mol. The van der Waals surface area contributed by atoms with E-state index in [1.54, 1.807) is 0 Å². The molecule has 0 radical (unpaired) electrons. The number of anilines is 2. The third-order valence-electron chi connectivity index (χ3n) is 3.83. The van der Waals surface area contributed by atoms with Crippen LogP contribution < -0.4 is 9.80 Å². The minimum Gasteiger partial charge on any atom is -0.355 e. The zero-order valence-electron chi connectivity index (χ0n) is 12.7. The largest absolute Gasteiger partial charge is 0.355 e. The van der Waals surface area contributed by atoms with Gasteiger partial charge in [-0.05, 0) is 50.1 Å². The van der Waals surface area contributed by atoms with Gasteiger partial charge < -0.3 is 9.80 Å². The molecule has 3 rings (SSSR count). The molecule has 1 saturated heterocycles. The van der Waals surface area contributed by atoms with E-state index in [2.05, 4.69) is 44.0 Å². The van der Waals surface area contributed by atoms with Crippen molar-refractivity contribution in [3.8, 4) is 0 Å². The molecule has 0 atom stereocenters. The molecule has 0 saturated carbocycles. The van der Waals surface area contributed by atoms with E-state index in [9.17, 15) is 0 Å². The smallest absolute Gasteiger partial charge is 0.151 e. The van der Waals surface area contributed by atoms with Gasteiger partial charge >= 0.3 is 0 Å². The highest BCUT2D eigenvalue weighted by Crippen LogP contribution is 2.17. The Morgan fingerprint density at radius 1 is 0.857 bits per heavy atom. The molecule has 5 nitrogen and oxygen atoms in total. The molecule has 0 aromatic carbocycles. The van der Waals surface area contributed by atoms with Crippen molar-refractivity contribution in [2.45, 2.75) is 20.3 Å². The van der Waals surface area contributed by atoms with Gasteiger partial charge in [-0.15, -0.1) is 5.10 Å². The van der Waals surface area contributed by atoms with E-state index >= 15 is 0 Å². The van der Waals surface area contributed by atoms with Crippen molar-refractivity contribution < 1.29 is 0 Å². The minimum absolute atomic E-state index is 0.952. The van der Waals surface area contributed by atoms with Crippen LogP contribution in [0.15, 0.2) is 30.5 Å². The second-order valence-electron chi connectivity index (χ2n) is 5.55. The molecule has 21 heavy (non-hydrogen) atoms. The van der Waals surface area contributed by atoms with Gasteiger partial charge in [-0.1, -0.05) is 0 Å². The summed E-state index contributed by atoms with van der Waals surface area (Å²) in [5, 5.41) is 8.45. The van der Waals surface area contributed by atoms with Gasteiger partial charge in [-0.25, -0.2) is 4.98 Å². The van der Waals surface area contributed by atoms with E-state index in [0.717, 1.165) is 49.9 Å². The van der Waals surface area contributed by atoms with Gasteiger partial charge in [-0.2, -0.15) is 5.10 Å². The first-order chi connectivity index (χ1) is 10.2. The van der Waals surface area contributed by atoms with Gasteiger partial charge in [0.15, 0.2) is 5.82 Å². The van der Waals surface area contributed by atoms with E-state index in [1.165, 1.54) is 5.56 Å². The van der Waals surface area contributed by atoms with Gasteiger partial charge in [0.1, 0.15) is 5.82 Å². The molecule has 0 amide bonds. The van der Waals surface area contributed by atoms with Crippen LogP contribution >= 0.6 is 0 Å². The van der Waals surface area contributed by atoms with Crippen molar-refractivity contribution in [1.82, 2.24) is 15.2 Å². The minimum atomic E-state index is 0.952. The fourth-order valence-corrected chi connectivity index (χ4v) is 2.63. The van der Waals surface area contributed by atoms with Gasteiger partial charge in [-0.3, -0.25) is 0 Å². The van der Waals surface area contributed by atoms with Crippen LogP contribution in [0.2, 0.25) is 0 Å². The topological polar surface area (TPSA) is 45.2 Å². The summed E-state index contributed by atoms with van der Waals surface area (Å²) < 4.78 is 0. The standard InChI is InChI=1S/C16H21N5/c1-13-6-7-17-16(12-13)21-9-3-8-20(10-11-21)15-5-4-14(2)18-19-15/h4-7,12H,3,8-11H2,1-2H3. The fraction of sp³-hybridized carbons (Fsp3) is 0.438. The van der Waals surface area contributed by atoms with Gasteiger partial charge in [0.25, 0.3) is 0 Å². The zero-order valence-corrected chi connectivity index (χ0v) is 12.7. The van der Waals surface area contributed by atoms with Crippen LogP contribution in [0.3, 0.4) is 0 Å². The number of rotatable bonds is 2. The second kappa shape index (κ2) is 6.08. The van der Waals surface area contributed by atoms with E-state index in [1.807, 2.05) is 25.3 Å². The van der Waals surface area contributed by atoms with Crippen molar-refractivity contribution in [1.29, 1.82) is 0 Å². The predicted octanol–water partition coefficient (Wildman–Crippen LogP) is 2.21. The first kappa shape index (κ1) is 13.8. The fourth-order valence-electron chi connectivity index (χ4n) is 2.63. The van der Waals surface area contributed by atoms with Crippen molar-refractivity contribution in [3.63, 3.8) is 0 Å². The summed E-state index contributed by atoms with van der Waals surface area (Å²) in [4.78, 5) is 9.16. The van der Waals surface area contributed by atoms with Crippen molar-refractivity contribution in [3.05, 3.63) is 41.7 Å². The van der Waals surface area contributed by atoms with E-state index < -0.39 is 0 Å². The summed E-state index contributed by atoms with van der Waals surface area (Å²) in [6.07, 6.45) is 2.99. The molecule has 2 aromatic heterocycles. The first-order valence-electron chi connectivity index (χ1n) is 7.45. The molecule has 5 heteroatoms. The second-order valence-corrected chi connectivity index (χ2v) is 5.55. The summed E-state index contributed by atoms with van der Waals surface area (Å²) >= 11 is 0. The lowest BCUT2D eigenvalue weighted by atomic mass is 10.3. The molecular weight excluding hydrogens is 262 g/mol. The molecule has 1 fully saturated rings. The number of hydrogen-bond donors (Lipinski definition) is 0. The lowest BCUT2D eigenvalue weighted by Crippen LogP contribution is -2.31. The third-order valence-corrected chi connectivity index (χ3v) is 3.83. The van der Waals surface area contributed by atoms with Crippen molar-refractivity contribution >= 4 is 11.6 Å². The molecule has 110 valence electrons. The summed E-state index contributed by atoms with van der Waals surface area (Å²) in [6, 6.07) is 8.27.